The molecule has 0 spiro atoms. The number of aromatic nitrogens is 2. The Morgan fingerprint density at radius 2 is 2.03 bits per heavy atom. The zero-order chi connectivity index (χ0) is 26.3. The molecule has 4 rings (SSSR count). The molecule has 3 N–H and O–H groups in total. The first-order chi connectivity index (χ1) is 17.0. The number of nitrogens with zero attached hydrogens (tertiary/aromatic N) is 3. The van der Waals surface area contributed by atoms with E-state index in [1.807, 2.05) is 20.8 Å². The van der Waals surface area contributed by atoms with Gasteiger partial charge in [0.2, 0.25) is 0 Å². The van der Waals surface area contributed by atoms with E-state index in [-0.39, 0.29) is 17.9 Å². The zero-order valence-corrected chi connectivity index (χ0v) is 23.0. The number of amides is 1. The molecule has 0 bridgehead atoms. The minimum atomic E-state index is -0.925. The number of carbonyl (C=O) groups excluding carboxylic acids is 1. The van der Waals surface area contributed by atoms with Crippen molar-refractivity contribution in [3.63, 3.8) is 0 Å². The number of rotatable bonds is 7. The molecule has 1 aliphatic rings. The Balaban J connectivity index is 0.00000380. The monoisotopic (exact) mass is 755 g/mol. The van der Waals surface area contributed by atoms with Gasteiger partial charge in [0.15, 0.2) is 11.5 Å². The molecule has 9 nitrogen and oxygen atoms in total. The average molecular weight is 756 g/mol. The predicted octanol–water partition coefficient (Wildman–Crippen LogP) is 2.48. The molecule has 1 aliphatic heterocycles. The van der Waals surface area contributed by atoms with Crippen LogP contribution in [0.5, 0.6) is 11.5 Å². The van der Waals surface area contributed by atoms with Crippen molar-refractivity contribution < 1.29 is 19.0 Å². The molecule has 0 saturated heterocycles. The van der Waals surface area contributed by atoms with Crippen molar-refractivity contribution in [3.8, 4) is 17.6 Å². The van der Waals surface area contributed by atoms with Crippen molar-refractivity contribution in [1.29, 1.82) is 5.26 Å². The summed E-state index contributed by atoms with van der Waals surface area (Å²) in [6.45, 7) is 6.25. The second-order valence-electron chi connectivity index (χ2n) is 9.96. The molecule has 0 aliphatic carbocycles. The summed E-state index contributed by atoms with van der Waals surface area (Å²) >= 11 is 0. The van der Waals surface area contributed by atoms with Crippen LogP contribution in [0.4, 0.5) is 4.39 Å². The van der Waals surface area contributed by atoms with Crippen LogP contribution in [0, 0.1) is 22.6 Å². The number of carbonyl (C=O) groups is 1. The Kier molecular flexibility index (Phi) is 6.90. The Hall–Kier alpha value is -4.97. The van der Waals surface area contributed by atoms with E-state index < -0.39 is 33.8 Å². The van der Waals surface area contributed by atoms with Crippen molar-refractivity contribution >= 4 is 16.9 Å². The van der Waals surface area contributed by atoms with Gasteiger partial charge in [-0.15, -0.1) is 0 Å². The molecule has 1 atom stereocenters. The summed E-state index contributed by atoms with van der Waals surface area (Å²) in [5.41, 5.74) is -0.769. The van der Waals surface area contributed by atoms with Gasteiger partial charge in [-0.05, 0) is 38.5 Å². The number of aromatic hydroxyl groups is 1. The number of ether oxygens (including phenoxy) is 1. The zero-order valence-electron chi connectivity index (χ0n) is 20.9. The van der Waals surface area contributed by atoms with Gasteiger partial charge in [0, 0.05) is 38.3 Å². The first kappa shape index (κ1) is 26.6. The maximum absolute atomic E-state index is 13.4. The number of pyridine rings is 2. The molecule has 3 heterocycles. The topological polar surface area (TPSA) is 129 Å². The third-order valence-electron chi connectivity index (χ3n) is 6.24. The molecule has 0 fully saturated rings. The fourth-order valence-electron chi connectivity index (χ4n) is 4.33. The van der Waals surface area contributed by atoms with E-state index in [0.717, 1.165) is 5.56 Å². The second kappa shape index (κ2) is 9.59. The summed E-state index contributed by atoms with van der Waals surface area (Å²) in [6, 6.07) is 8.26. The number of nitriles is 1. The van der Waals surface area contributed by atoms with Crippen LogP contribution < -0.4 is 20.9 Å². The molecular formula is C26H28FLrN5O4. The van der Waals surface area contributed by atoms with E-state index in [1.165, 1.54) is 29.9 Å². The fraction of sp³-hybridized carbons (Fsp3) is 0.385. The van der Waals surface area contributed by atoms with Gasteiger partial charge in [0.05, 0.1) is 18.0 Å². The van der Waals surface area contributed by atoms with Crippen LogP contribution in [0.1, 0.15) is 42.3 Å². The van der Waals surface area contributed by atoms with Crippen molar-refractivity contribution in [2.45, 2.75) is 39.3 Å². The first-order valence-electron chi connectivity index (χ1n) is 11.5. The molecule has 0 unspecified atom stereocenters. The summed E-state index contributed by atoms with van der Waals surface area (Å²) in [7, 11) is 1.38. The maximum atomic E-state index is 13.4. The van der Waals surface area contributed by atoms with Crippen molar-refractivity contribution in [2.24, 2.45) is 5.41 Å². The molecule has 3 aromatic rings. The summed E-state index contributed by atoms with van der Waals surface area (Å²) in [5, 5.41) is 25.8. The summed E-state index contributed by atoms with van der Waals surface area (Å²) in [6.07, 6.45) is 1.87. The van der Waals surface area contributed by atoms with Gasteiger partial charge < -0.3 is 20.5 Å². The smallest absolute Gasteiger partial charge is 0.268 e. The quantitative estimate of drug-likeness (QED) is 0.338. The van der Waals surface area contributed by atoms with Crippen molar-refractivity contribution in [3.05, 3.63) is 63.3 Å². The van der Waals surface area contributed by atoms with Crippen molar-refractivity contribution in [1.82, 2.24) is 20.2 Å². The van der Waals surface area contributed by atoms with Crippen LogP contribution in [0.3, 0.4) is 0 Å². The molecule has 0 saturated carbocycles. The summed E-state index contributed by atoms with van der Waals surface area (Å²) < 4.78 is 21.3. The van der Waals surface area contributed by atoms with Crippen LogP contribution >= 0.6 is 0 Å². The number of hydrogen-bond donors (Lipinski definition) is 3. The van der Waals surface area contributed by atoms with E-state index in [4.69, 9.17) is 4.74 Å². The fourth-order valence-corrected chi connectivity index (χ4v) is 4.33. The van der Waals surface area contributed by atoms with Crippen LogP contribution in [0.15, 0.2) is 35.3 Å². The number of benzene rings is 1. The summed E-state index contributed by atoms with van der Waals surface area (Å²) in [5.74, 6) is -1.23. The van der Waals surface area contributed by atoms with Gasteiger partial charge in [0.25, 0.3) is 11.5 Å². The number of nitrogens with one attached hydrogen (secondary N) is 2. The number of halogens is 1. The average Bonchev–Trinajstić information content (AvgIpc) is 2.84. The summed E-state index contributed by atoms with van der Waals surface area (Å²) in [4.78, 5) is 30.3. The van der Waals surface area contributed by atoms with Crippen LogP contribution in [0.2, 0.25) is 0 Å². The van der Waals surface area contributed by atoms with Crippen LogP contribution in [-0.4, -0.2) is 46.3 Å². The Labute approximate surface area is 207 Å². The van der Waals surface area contributed by atoms with Crippen LogP contribution in [-0.2, 0) is 13.0 Å². The van der Waals surface area contributed by atoms with Gasteiger partial charge in [0.1, 0.15) is 28.0 Å². The van der Waals surface area contributed by atoms with E-state index in [9.17, 15) is 24.3 Å². The van der Waals surface area contributed by atoms with Gasteiger partial charge in [-0.1, -0.05) is 12.1 Å². The molecule has 1 amide bonds. The van der Waals surface area contributed by atoms with E-state index >= 15 is 0 Å². The molecule has 1 aromatic carbocycles. The van der Waals surface area contributed by atoms with E-state index in [1.54, 1.807) is 12.1 Å². The Morgan fingerprint density at radius 1 is 1.35 bits per heavy atom. The van der Waals surface area contributed by atoms with Gasteiger partial charge in [-0.3, -0.25) is 19.1 Å². The Morgan fingerprint density at radius 3 is 2.65 bits per heavy atom. The number of hydrogen-bond acceptors (Lipinski definition) is 7. The standard InChI is InChI=1S/C26H28FN5O4.Lr/c1-25(2,11-28)12-30-13-26(3)14-32-20-19(21(33)18(24(32)35)23(34)29-4)31-10-16(22(20)36-26)9-15-5-7-17(27)8-6-15;/h5-8,10,30,33H,9,12-14H2,1-4H3,(H,29,34);/t26-;/m0./s1. The molecular weight excluding hydrogens is 727 g/mol. The largest absolute Gasteiger partial charge is 0.505 e. The second-order valence-corrected chi connectivity index (χ2v) is 9.96. The van der Waals surface area contributed by atoms with E-state index in [0.29, 0.717) is 36.3 Å². The van der Waals surface area contributed by atoms with E-state index in [2.05, 4.69) is 21.7 Å². The van der Waals surface area contributed by atoms with Gasteiger partial charge >= 0.3 is 0 Å². The third kappa shape index (κ3) is 4.90. The molecule has 1 radical (unpaired) electrons. The normalized spacial score (nSPS) is 16.4. The molecule has 11 heteroatoms. The van der Waals surface area contributed by atoms with Crippen molar-refractivity contribution in [2.75, 3.05) is 20.1 Å². The maximum Gasteiger partial charge on any atom is 0.268 e. The Bertz CT molecular complexity index is 1450. The van der Waals surface area contributed by atoms with Crippen LogP contribution in [0.25, 0.3) is 11.0 Å². The molecule has 37 heavy (non-hydrogen) atoms. The predicted molar refractivity (Wildman–Crippen MR) is 132 cm³/mol. The molecule has 2 aromatic heterocycles. The van der Waals surface area contributed by atoms with Gasteiger partial charge in [-0.25, -0.2) is 4.39 Å². The SMILES string of the molecule is CNC(=O)c1c(O)c2ncc(Cc3ccc(F)cc3)c3c2n(c1=O)C[C@](C)(CNCC(C)(C)C#N)O3.[Lr]. The van der Waals surface area contributed by atoms with Gasteiger partial charge in [-0.2, -0.15) is 5.26 Å². The first-order valence-corrected chi connectivity index (χ1v) is 11.5. The third-order valence-corrected chi connectivity index (χ3v) is 6.24. The molecule has 203 valence electrons. The minimum Gasteiger partial charge on any atom is -0.505 e. The minimum absolute atomic E-state index is 0.